The van der Waals surface area contributed by atoms with E-state index in [4.69, 9.17) is 0 Å². The fourth-order valence-electron chi connectivity index (χ4n) is 2.70. The molecule has 2 aromatic carbocycles. The zero-order chi connectivity index (χ0) is 18.9. The van der Waals surface area contributed by atoms with Gasteiger partial charge in [0.1, 0.15) is 6.04 Å². The van der Waals surface area contributed by atoms with Crippen molar-refractivity contribution in [3.63, 3.8) is 0 Å². The van der Waals surface area contributed by atoms with E-state index < -0.39 is 6.04 Å². The molecule has 4 nitrogen and oxygen atoms in total. The summed E-state index contributed by atoms with van der Waals surface area (Å²) >= 11 is 0. The molecule has 2 atom stereocenters. The van der Waals surface area contributed by atoms with Gasteiger partial charge in [0.05, 0.1) is 6.42 Å². The molecular weight excluding hydrogens is 324 g/mol. The summed E-state index contributed by atoms with van der Waals surface area (Å²) in [4.78, 5) is 27.2. The van der Waals surface area contributed by atoms with E-state index in [1.54, 1.807) is 11.8 Å². The summed E-state index contributed by atoms with van der Waals surface area (Å²) in [6, 6.07) is 19.0. The highest BCUT2D eigenvalue weighted by Crippen LogP contribution is 2.12. The van der Waals surface area contributed by atoms with Crippen molar-refractivity contribution in [2.24, 2.45) is 0 Å². The molecule has 26 heavy (non-hydrogen) atoms. The maximum atomic E-state index is 13.0. The molecule has 0 radical (unpaired) electrons. The molecule has 0 saturated carbocycles. The molecule has 2 amide bonds. The minimum absolute atomic E-state index is 0.0492. The Kier molecular flexibility index (Phi) is 7.39. The summed E-state index contributed by atoms with van der Waals surface area (Å²) in [6.45, 7) is 6.21. The fraction of sp³-hybridized carbons (Fsp3) is 0.364. The number of amides is 2. The van der Waals surface area contributed by atoms with Crippen molar-refractivity contribution in [2.45, 2.75) is 52.2 Å². The zero-order valence-electron chi connectivity index (χ0n) is 15.8. The van der Waals surface area contributed by atoms with Gasteiger partial charge in [-0.05, 0) is 31.4 Å². The summed E-state index contributed by atoms with van der Waals surface area (Å²) in [6.07, 6.45) is 1.14. The molecule has 138 valence electrons. The third-order valence-corrected chi connectivity index (χ3v) is 4.56. The Bertz CT molecular complexity index is 701. The van der Waals surface area contributed by atoms with Gasteiger partial charge in [-0.1, -0.05) is 67.6 Å². The normalized spacial score (nSPS) is 12.9. The molecule has 0 aromatic heterocycles. The number of hydrogen-bond acceptors (Lipinski definition) is 2. The maximum Gasteiger partial charge on any atom is 0.242 e. The second kappa shape index (κ2) is 9.76. The predicted octanol–water partition coefficient (Wildman–Crippen LogP) is 3.56. The number of carbonyl (C=O) groups excluding carboxylic acids is 2. The molecule has 0 fully saturated rings. The van der Waals surface area contributed by atoms with Gasteiger partial charge in [0.2, 0.25) is 11.8 Å². The number of rotatable bonds is 8. The fourth-order valence-corrected chi connectivity index (χ4v) is 2.70. The predicted molar refractivity (Wildman–Crippen MR) is 104 cm³/mol. The lowest BCUT2D eigenvalue weighted by atomic mass is 10.1. The Balaban J connectivity index is 2.17. The van der Waals surface area contributed by atoms with Gasteiger partial charge in [-0.2, -0.15) is 0 Å². The van der Waals surface area contributed by atoms with E-state index in [1.165, 1.54) is 0 Å². The maximum absolute atomic E-state index is 13.0. The number of nitrogens with zero attached hydrogens (tertiary/aromatic N) is 1. The van der Waals surface area contributed by atoms with Gasteiger partial charge in [-0.3, -0.25) is 9.59 Å². The molecule has 0 aliphatic heterocycles. The van der Waals surface area contributed by atoms with Crippen molar-refractivity contribution in [1.29, 1.82) is 0 Å². The summed E-state index contributed by atoms with van der Waals surface area (Å²) in [5, 5.41) is 2.98. The number of benzene rings is 2. The van der Waals surface area contributed by atoms with Gasteiger partial charge in [0.15, 0.2) is 0 Å². The number of carbonyl (C=O) groups is 2. The third kappa shape index (κ3) is 5.73. The van der Waals surface area contributed by atoms with Crippen molar-refractivity contribution in [3.05, 3.63) is 71.8 Å². The van der Waals surface area contributed by atoms with E-state index in [2.05, 4.69) is 5.32 Å². The van der Waals surface area contributed by atoms with Gasteiger partial charge in [0, 0.05) is 12.6 Å². The Morgan fingerprint density at radius 3 is 2.00 bits per heavy atom. The van der Waals surface area contributed by atoms with Crippen LogP contribution in [-0.2, 0) is 22.6 Å². The van der Waals surface area contributed by atoms with Crippen LogP contribution >= 0.6 is 0 Å². The summed E-state index contributed by atoms with van der Waals surface area (Å²) in [7, 11) is 0. The number of nitrogens with one attached hydrogen (secondary N) is 1. The van der Waals surface area contributed by atoms with E-state index in [9.17, 15) is 9.59 Å². The van der Waals surface area contributed by atoms with Gasteiger partial charge in [0.25, 0.3) is 0 Å². The molecule has 4 heteroatoms. The van der Waals surface area contributed by atoms with Crippen LogP contribution in [0.1, 0.15) is 38.3 Å². The Morgan fingerprint density at radius 2 is 1.46 bits per heavy atom. The Morgan fingerprint density at radius 1 is 0.923 bits per heavy atom. The quantitative estimate of drug-likeness (QED) is 0.790. The van der Waals surface area contributed by atoms with Crippen LogP contribution in [0.15, 0.2) is 60.7 Å². The molecule has 0 saturated heterocycles. The number of hydrogen-bond donors (Lipinski definition) is 1. The molecule has 1 N–H and O–H groups in total. The van der Waals surface area contributed by atoms with Crippen LogP contribution in [0.25, 0.3) is 0 Å². The standard InChI is InChI=1S/C22H28N2O2/c1-4-17(2)23-22(26)18(3)24(16-20-13-9-6-10-14-20)21(25)15-19-11-7-5-8-12-19/h5-14,17-18H,4,15-16H2,1-3H3,(H,23,26)/t17-,18+/m1/s1. The van der Waals surface area contributed by atoms with Crippen molar-refractivity contribution < 1.29 is 9.59 Å². The topological polar surface area (TPSA) is 49.4 Å². The van der Waals surface area contributed by atoms with Crippen LogP contribution in [-0.4, -0.2) is 28.8 Å². The van der Waals surface area contributed by atoms with Crippen LogP contribution in [0.5, 0.6) is 0 Å². The first-order chi connectivity index (χ1) is 12.5. The molecular formula is C22H28N2O2. The third-order valence-electron chi connectivity index (χ3n) is 4.56. The SMILES string of the molecule is CC[C@@H](C)NC(=O)[C@H](C)N(Cc1ccccc1)C(=O)Cc1ccccc1. The first-order valence-electron chi connectivity index (χ1n) is 9.19. The second-order valence-electron chi connectivity index (χ2n) is 6.66. The zero-order valence-corrected chi connectivity index (χ0v) is 15.8. The highest BCUT2D eigenvalue weighted by atomic mass is 16.2. The molecule has 0 unspecified atom stereocenters. The lowest BCUT2D eigenvalue weighted by Gasteiger charge is -2.29. The minimum atomic E-state index is -0.527. The van der Waals surface area contributed by atoms with E-state index in [0.29, 0.717) is 6.54 Å². The van der Waals surface area contributed by atoms with Crippen molar-refractivity contribution >= 4 is 11.8 Å². The Hall–Kier alpha value is -2.62. The molecule has 0 aliphatic carbocycles. The summed E-state index contributed by atoms with van der Waals surface area (Å²) in [5.41, 5.74) is 1.96. The lowest BCUT2D eigenvalue weighted by Crippen LogP contribution is -2.49. The van der Waals surface area contributed by atoms with Crippen molar-refractivity contribution in [3.8, 4) is 0 Å². The Labute approximate surface area is 156 Å². The lowest BCUT2D eigenvalue weighted by molar-refractivity contribution is -0.140. The van der Waals surface area contributed by atoms with Gasteiger partial charge in [-0.25, -0.2) is 0 Å². The monoisotopic (exact) mass is 352 g/mol. The summed E-state index contributed by atoms with van der Waals surface area (Å²) < 4.78 is 0. The molecule has 0 spiro atoms. The molecule has 0 heterocycles. The van der Waals surface area contributed by atoms with Crippen LogP contribution in [0.4, 0.5) is 0 Å². The van der Waals surface area contributed by atoms with Crippen LogP contribution in [0.2, 0.25) is 0 Å². The average molecular weight is 352 g/mol. The highest BCUT2D eigenvalue weighted by Gasteiger charge is 2.26. The summed E-state index contributed by atoms with van der Waals surface area (Å²) in [5.74, 6) is -0.163. The van der Waals surface area contributed by atoms with Crippen molar-refractivity contribution in [1.82, 2.24) is 10.2 Å². The van der Waals surface area contributed by atoms with Gasteiger partial charge in [-0.15, -0.1) is 0 Å². The molecule has 0 bridgehead atoms. The van der Waals surface area contributed by atoms with E-state index in [0.717, 1.165) is 17.5 Å². The van der Waals surface area contributed by atoms with Crippen LogP contribution < -0.4 is 5.32 Å². The molecule has 2 aromatic rings. The van der Waals surface area contributed by atoms with Crippen LogP contribution in [0.3, 0.4) is 0 Å². The second-order valence-corrected chi connectivity index (χ2v) is 6.66. The van der Waals surface area contributed by atoms with Gasteiger partial charge >= 0.3 is 0 Å². The van der Waals surface area contributed by atoms with Gasteiger partial charge < -0.3 is 10.2 Å². The molecule has 2 rings (SSSR count). The largest absolute Gasteiger partial charge is 0.352 e. The van der Waals surface area contributed by atoms with Crippen molar-refractivity contribution in [2.75, 3.05) is 0 Å². The average Bonchev–Trinajstić information content (AvgIpc) is 2.66. The van der Waals surface area contributed by atoms with E-state index >= 15 is 0 Å². The first-order valence-corrected chi connectivity index (χ1v) is 9.19. The van der Waals surface area contributed by atoms with Crippen LogP contribution in [0, 0.1) is 0 Å². The smallest absolute Gasteiger partial charge is 0.242 e. The van der Waals surface area contributed by atoms with E-state index in [-0.39, 0.29) is 24.3 Å². The first kappa shape index (κ1) is 19.7. The molecule has 0 aliphatic rings. The van der Waals surface area contributed by atoms with E-state index in [1.807, 2.05) is 74.5 Å². The highest BCUT2D eigenvalue weighted by molar-refractivity contribution is 5.88. The minimum Gasteiger partial charge on any atom is -0.352 e.